The smallest absolute Gasteiger partial charge is 0.0153 e. The molecule has 2 fully saturated rings. The molecule has 0 amide bonds. The zero-order chi connectivity index (χ0) is 10.4. The first-order valence-corrected chi connectivity index (χ1v) is 6.12. The molecular formula is C13H20N2. The zero-order valence-electron chi connectivity index (χ0n) is 9.64. The van der Waals surface area contributed by atoms with Gasteiger partial charge in [0, 0.05) is 11.4 Å². The van der Waals surface area contributed by atoms with Crippen molar-refractivity contribution in [3.05, 3.63) is 23.0 Å². The van der Waals surface area contributed by atoms with E-state index >= 15 is 0 Å². The van der Waals surface area contributed by atoms with Gasteiger partial charge < -0.3 is 10.3 Å². The molecule has 1 aromatic rings. The lowest BCUT2D eigenvalue weighted by Gasteiger charge is -2.48. The predicted octanol–water partition coefficient (Wildman–Crippen LogP) is 2.34. The Bertz CT molecular complexity index is 367. The van der Waals surface area contributed by atoms with Crippen molar-refractivity contribution < 1.29 is 0 Å². The Kier molecular flexibility index (Phi) is 2.13. The summed E-state index contributed by atoms with van der Waals surface area (Å²) in [6.45, 7) is 6.84. The number of hydrogen-bond acceptors (Lipinski definition) is 1. The van der Waals surface area contributed by atoms with Gasteiger partial charge in [0.25, 0.3) is 0 Å². The lowest BCUT2D eigenvalue weighted by Crippen LogP contribution is -2.47. The Morgan fingerprint density at radius 1 is 1.33 bits per heavy atom. The summed E-state index contributed by atoms with van der Waals surface area (Å²) in [5.41, 5.74) is 4.29. The lowest BCUT2D eigenvalue weighted by atomic mass is 9.60. The molecule has 0 unspecified atom stereocenters. The maximum absolute atomic E-state index is 3.53. The van der Waals surface area contributed by atoms with Crippen LogP contribution in [0.2, 0.25) is 0 Å². The molecule has 0 bridgehead atoms. The second-order valence-corrected chi connectivity index (χ2v) is 5.29. The largest absolute Gasteiger partial charge is 0.362 e. The third kappa shape index (κ3) is 1.43. The van der Waals surface area contributed by atoms with Gasteiger partial charge in [-0.1, -0.05) is 0 Å². The number of hydrogen-bond donors (Lipinski definition) is 2. The third-order valence-electron chi connectivity index (χ3n) is 4.34. The monoisotopic (exact) mass is 204 g/mol. The van der Waals surface area contributed by atoms with Crippen LogP contribution in [0.3, 0.4) is 0 Å². The minimum Gasteiger partial charge on any atom is -0.362 e. The maximum Gasteiger partial charge on any atom is 0.0153 e. The van der Waals surface area contributed by atoms with Crippen molar-refractivity contribution in [2.75, 3.05) is 13.1 Å². The molecule has 2 N–H and O–H groups in total. The van der Waals surface area contributed by atoms with Crippen LogP contribution >= 0.6 is 0 Å². The molecule has 2 nitrogen and oxygen atoms in total. The zero-order valence-corrected chi connectivity index (χ0v) is 9.64. The summed E-state index contributed by atoms with van der Waals surface area (Å²) in [5.74, 6) is 2.74. The van der Waals surface area contributed by atoms with E-state index in [0.717, 1.165) is 17.8 Å². The van der Waals surface area contributed by atoms with Gasteiger partial charge in [-0.25, -0.2) is 0 Å². The van der Waals surface area contributed by atoms with E-state index in [1.54, 1.807) is 5.56 Å². The fourth-order valence-corrected chi connectivity index (χ4v) is 3.49. The molecule has 1 aliphatic heterocycles. The van der Waals surface area contributed by atoms with Gasteiger partial charge in [-0.3, -0.25) is 0 Å². The standard InChI is InChI=1S/C13H20N2/c1-8-5-11(9(2)15-8)12-6-10-3-4-14-7-13(10)12/h5,10,12-15H,3-4,6-7H2,1-2H3/t10-,12+,13-/m0/s1. The summed E-state index contributed by atoms with van der Waals surface area (Å²) in [5, 5.41) is 3.53. The van der Waals surface area contributed by atoms with Crippen LogP contribution in [0.15, 0.2) is 6.07 Å². The molecule has 2 heterocycles. The molecule has 1 aliphatic carbocycles. The van der Waals surface area contributed by atoms with Crippen LogP contribution in [-0.4, -0.2) is 18.1 Å². The average Bonchev–Trinajstić information content (AvgIpc) is 2.48. The molecule has 0 aromatic carbocycles. The minimum absolute atomic E-state index is 0.827. The van der Waals surface area contributed by atoms with Crippen molar-refractivity contribution in [3.63, 3.8) is 0 Å². The minimum atomic E-state index is 0.827. The summed E-state index contributed by atoms with van der Waals surface area (Å²) in [6.07, 6.45) is 2.81. The highest BCUT2D eigenvalue weighted by molar-refractivity contribution is 5.31. The van der Waals surface area contributed by atoms with Gasteiger partial charge in [0.2, 0.25) is 0 Å². The second kappa shape index (κ2) is 3.38. The summed E-state index contributed by atoms with van der Waals surface area (Å²) in [4.78, 5) is 3.43. The molecule has 0 radical (unpaired) electrons. The van der Waals surface area contributed by atoms with E-state index in [1.807, 2.05) is 0 Å². The lowest BCUT2D eigenvalue weighted by molar-refractivity contribution is 0.0931. The summed E-state index contributed by atoms with van der Waals surface area (Å²) < 4.78 is 0. The molecule has 1 aromatic heterocycles. The number of fused-ring (bicyclic) bond motifs is 1. The molecule has 3 rings (SSSR count). The molecule has 2 aliphatic rings. The molecule has 3 atom stereocenters. The normalized spacial score (nSPS) is 34.7. The number of aromatic nitrogens is 1. The molecule has 0 spiro atoms. The van der Waals surface area contributed by atoms with Crippen LogP contribution < -0.4 is 5.32 Å². The number of piperidine rings is 1. The van der Waals surface area contributed by atoms with Crippen LogP contribution in [0.5, 0.6) is 0 Å². The molecule has 1 saturated carbocycles. The first kappa shape index (κ1) is 9.46. The van der Waals surface area contributed by atoms with E-state index in [9.17, 15) is 0 Å². The first-order chi connectivity index (χ1) is 7.25. The van der Waals surface area contributed by atoms with Gasteiger partial charge >= 0.3 is 0 Å². The SMILES string of the molecule is Cc1cc([C@H]2C[C@@H]3CCNC[C@@H]32)c(C)[nH]1. The first-order valence-electron chi connectivity index (χ1n) is 6.12. The van der Waals surface area contributed by atoms with Gasteiger partial charge in [0.1, 0.15) is 0 Å². The van der Waals surface area contributed by atoms with E-state index in [-0.39, 0.29) is 0 Å². The van der Waals surface area contributed by atoms with Gasteiger partial charge in [-0.05, 0) is 69.2 Å². The van der Waals surface area contributed by atoms with Crippen molar-refractivity contribution in [2.45, 2.75) is 32.6 Å². The summed E-state index contributed by atoms with van der Waals surface area (Å²) in [7, 11) is 0. The topological polar surface area (TPSA) is 27.8 Å². The van der Waals surface area contributed by atoms with E-state index in [2.05, 4.69) is 30.2 Å². The highest BCUT2D eigenvalue weighted by Gasteiger charge is 2.43. The number of H-pyrrole nitrogens is 1. The van der Waals surface area contributed by atoms with Crippen molar-refractivity contribution in [1.82, 2.24) is 10.3 Å². The van der Waals surface area contributed by atoms with Crippen molar-refractivity contribution in [2.24, 2.45) is 11.8 Å². The molecule has 1 saturated heterocycles. The maximum atomic E-state index is 3.53. The third-order valence-corrected chi connectivity index (χ3v) is 4.34. The number of nitrogens with one attached hydrogen (secondary N) is 2. The number of aryl methyl sites for hydroxylation is 2. The van der Waals surface area contributed by atoms with Gasteiger partial charge in [-0.15, -0.1) is 0 Å². The van der Waals surface area contributed by atoms with Crippen molar-refractivity contribution >= 4 is 0 Å². The summed E-state index contributed by atoms with van der Waals surface area (Å²) in [6, 6.07) is 2.35. The van der Waals surface area contributed by atoms with Gasteiger partial charge in [0.05, 0.1) is 0 Å². The predicted molar refractivity (Wildman–Crippen MR) is 62.1 cm³/mol. The molecular weight excluding hydrogens is 184 g/mol. The van der Waals surface area contributed by atoms with E-state index < -0.39 is 0 Å². The number of rotatable bonds is 1. The fraction of sp³-hybridized carbons (Fsp3) is 0.692. The van der Waals surface area contributed by atoms with E-state index in [1.165, 1.54) is 37.3 Å². The Labute approximate surface area is 91.5 Å². The Morgan fingerprint density at radius 2 is 2.20 bits per heavy atom. The van der Waals surface area contributed by atoms with Crippen molar-refractivity contribution in [1.29, 1.82) is 0 Å². The quantitative estimate of drug-likeness (QED) is 0.722. The van der Waals surface area contributed by atoms with Crippen molar-refractivity contribution in [3.8, 4) is 0 Å². The molecule has 2 heteroatoms. The highest BCUT2D eigenvalue weighted by atomic mass is 14.9. The van der Waals surface area contributed by atoms with Crippen LogP contribution in [-0.2, 0) is 0 Å². The Hall–Kier alpha value is -0.760. The van der Waals surface area contributed by atoms with Gasteiger partial charge in [-0.2, -0.15) is 0 Å². The Morgan fingerprint density at radius 3 is 2.87 bits per heavy atom. The number of aromatic amines is 1. The van der Waals surface area contributed by atoms with Crippen LogP contribution in [0, 0.1) is 25.7 Å². The molecule has 82 valence electrons. The van der Waals surface area contributed by atoms with E-state index in [4.69, 9.17) is 0 Å². The Balaban J connectivity index is 1.81. The van der Waals surface area contributed by atoms with Gasteiger partial charge in [0.15, 0.2) is 0 Å². The van der Waals surface area contributed by atoms with Crippen LogP contribution in [0.25, 0.3) is 0 Å². The van der Waals surface area contributed by atoms with Crippen LogP contribution in [0.4, 0.5) is 0 Å². The van der Waals surface area contributed by atoms with Crippen LogP contribution in [0.1, 0.15) is 35.7 Å². The fourth-order valence-electron chi connectivity index (χ4n) is 3.49. The molecule has 15 heavy (non-hydrogen) atoms. The average molecular weight is 204 g/mol. The second-order valence-electron chi connectivity index (χ2n) is 5.29. The van der Waals surface area contributed by atoms with E-state index in [0.29, 0.717) is 0 Å². The summed E-state index contributed by atoms with van der Waals surface area (Å²) >= 11 is 0. The highest BCUT2D eigenvalue weighted by Crippen LogP contribution is 2.50.